The molecule has 4 nitrogen and oxygen atoms in total. The molecule has 1 aromatic heterocycles. The highest BCUT2D eigenvalue weighted by Gasteiger charge is 2.18. The zero-order valence-corrected chi connectivity index (χ0v) is 9.42. The summed E-state index contributed by atoms with van der Waals surface area (Å²) in [6, 6.07) is 15.5. The summed E-state index contributed by atoms with van der Waals surface area (Å²) in [5.74, 6) is 1.95. The molecule has 0 saturated heterocycles. The number of anilines is 2. The third-order valence-corrected chi connectivity index (χ3v) is 2.89. The van der Waals surface area contributed by atoms with Gasteiger partial charge < -0.3 is 10.1 Å². The summed E-state index contributed by atoms with van der Waals surface area (Å²) in [6.07, 6.45) is 0. The van der Waals surface area contributed by atoms with Gasteiger partial charge in [0.15, 0.2) is 11.6 Å². The third kappa shape index (κ3) is 1.32. The molecule has 0 unspecified atom stereocenters. The minimum Gasteiger partial charge on any atom is -0.434 e. The molecule has 0 radical (unpaired) electrons. The lowest BCUT2D eigenvalue weighted by atomic mass is 10.2. The van der Waals surface area contributed by atoms with Gasteiger partial charge in [-0.1, -0.05) is 24.3 Å². The second-order valence-electron chi connectivity index (χ2n) is 4.09. The number of ether oxygens (including phenoxy) is 1. The number of para-hydroxylation sites is 4. The van der Waals surface area contributed by atoms with Gasteiger partial charge in [0.25, 0.3) is 5.88 Å². The van der Waals surface area contributed by atoms with E-state index in [1.165, 1.54) is 0 Å². The molecule has 2 aromatic carbocycles. The van der Waals surface area contributed by atoms with Crippen LogP contribution in [0.25, 0.3) is 11.0 Å². The van der Waals surface area contributed by atoms with Crippen LogP contribution in [0.5, 0.6) is 11.6 Å². The first-order valence-corrected chi connectivity index (χ1v) is 5.71. The molecule has 1 aliphatic heterocycles. The van der Waals surface area contributed by atoms with Gasteiger partial charge in [0.1, 0.15) is 0 Å². The fraction of sp³-hybridized carbons (Fsp3) is 0. The highest BCUT2D eigenvalue weighted by atomic mass is 16.5. The van der Waals surface area contributed by atoms with Crippen molar-refractivity contribution in [3.05, 3.63) is 48.5 Å². The van der Waals surface area contributed by atoms with Crippen molar-refractivity contribution in [1.82, 2.24) is 9.97 Å². The Kier molecular flexibility index (Phi) is 1.80. The Labute approximate surface area is 103 Å². The Morgan fingerprint density at radius 2 is 1.56 bits per heavy atom. The minimum absolute atomic E-state index is 0.521. The average Bonchev–Trinajstić information content (AvgIpc) is 2.42. The van der Waals surface area contributed by atoms with Crippen molar-refractivity contribution in [3.8, 4) is 11.6 Å². The smallest absolute Gasteiger partial charge is 0.263 e. The summed E-state index contributed by atoms with van der Waals surface area (Å²) in [4.78, 5) is 8.98. The lowest BCUT2D eigenvalue weighted by molar-refractivity contribution is 0.461. The summed E-state index contributed by atoms with van der Waals surface area (Å²) in [6.45, 7) is 0. The molecular weight excluding hydrogens is 226 g/mol. The number of aromatic nitrogens is 2. The summed E-state index contributed by atoms with van der Waals surface area (Å²) in [5.41, 5.74) is 2.60. The van der Waals surface area contributed by atoms with Gasteiger partial charge >= 0.3 is 0 Å². The van der Waals surface area contributed by atoms with Gasteiger partial charge in [0.2, 0.25) is 0 Å². The lowest BCUT2D eigenvalue weighted by Gasteiger charge is -2.19. The number of nitrogens with one attached hydrogen (secondary N) is 1. The van der Waals surface area contributed by atoms with Crippen LogP contribution in [0.4, 0.5) is 11.5 Å². The molecule has 86 valence electrons. The standard InChI is InChI=1S/C14H9N3O/c1-2-6-10-9(5-1)15-13-14(17-10)18-12-8-4-3-7-11(12)16-13/h1-8H,(H,15,16). The minimum atomic E-state index is 0.521. The van der Waals surface area contributed by atoms with Gasteiger partial charge in [-0.15, -0.1) is 0 Å². The van der Waals surface area contributed by atoms with Crippen molar-refractivity contribution in [2.24, 2.45) is 0 Å². The molecule has 0 amide bonds. The van der Waals surface area contributed by atoms with Gasteiger partial charge in [0.05, 0.1) is 16.7 Å². The molecule has 0 atom stereocenters. The Morgan fingerprint density at radius 1 is 0.833 bits per heavy atom. The van der Waals surface area contributed by atoms with Crippen molar-refractivity contribution in [3.63, 3.8) is 0 Å². The van der Waals surface area contributed by atoms with Crippen LogP contribution < -0.4 is 10.1 Å². The van der Waals surface area contributed by atoms with Crippen molar-refractivity contribution >= 4 is 22.5 Å². The second-order valence-corrected chi connectivity index (χ2v) is 4.09. The van der Waals surface area contributed by atoms with Crippen LogP contribution in [0.1, 0.15) is 0 Å². The first kappa shape index (κ1) is 9.41. The predicted molar refractivity (Wildman–Crippen MR) is 69.3 cm³/mol. The third-order valence-electron chi connectivity index (χ3n) is 2.89. The largest absolute Gasteiger partial charge is 0.434 e. The maximum atomic E-state index is 5.75. The van der Waals surface area contributed by atoms with Crippen LogP contribution in [0, 0.1) is 0 Å². The number of fused-ring (bicyclic) bond motifs is 3. The van der Waals surface area contributed by atoms with Crippen LogP contribution in [0.2, 0.25) is 0 Å². The van der Waals surface area contributed by atoms with E-state index in [1.54, 1.807) is 0 Å². The summed E-state index contributed by atoms with van der Waals surface area (Å²) < 4.78 is 5.75. The Balaban J connectivity index is 1.92. The number of hydrogen-bond donors (Lipinski definition) is 1. The van der Waals surface area contributed by atoms with Gasteiger partial charge in [-0.25, -0.2) is 9.97 Å². The molecule has 1 N–H and O–H groups in total. The summed E-state index contributed by atoms with van der Waals surface area (Å²) in [5, 5.41) is 3.23. The molecule has 1 aliphatic rings. The SMILES string of the molecule is c1ccc2c(c1)Nc1nc3ccccc3nc1O2. The average molecular weight is 235 g/mol. The molecule has 3 aromatic rings. The van der Waals surface area contributed by atoms with Gasteiger partial charge in [0, 0.05) is 0 Å². The molecule has 4 rings (SSSR count). The van der Waals surface area contributed by atoms with Crippen LogP contribution in [-0.2, 0) is 0 Å². The monoisotopic (exact) mass is 235 g/mol. The fourth-order valence-electron chi connectivity index (χ4n) is 2.03. The lowest BCUT2D eigenvalue weighted by Crippen LogP contribution is -2.06. The van der Waals surface area contributed by atoms with E-state index in [0.29, 0.717) is 11.7 Å². The predicted octanol–water partition coefficient (Wildman–Crippen LogP) is 3.48. The number of rotatable bonds is 0. The Hall–Kier alpha value is -2.62. The number of benzene rings is 2. The van der Waals surface area contributed by atoms with E-state index in [-0.39, 0.29) is 0 Å². The molecule has 4 heteroatoms. The van der Waals surface area contributed by atoms with Crippen molar-refractivity contribution in [2.75, 3.05) is 5.32 Å². The van der Waals surface area contributed by atoms with E-state index in [9.17, 15) is 0 Å². The van der Waals surface area contributed by atoms with Crippen LogP contribution >= 0.6 is 0 Å². The van der Waals surface area contributed by atoms with Gasteiger partial charge in [-0.05, 0) is 24.3 Å². The van der Waals surface area contributed by atoms with E-state index in [4.69, 9.17) is 4.74 Å². The normalized spacial score (nSPS) is 12.2. The maximum Gasteiger partial charge on any atom is 0.263 e. The van der Waals surface area contributed by atoms with E-state index < -0.39 is 0 Å². The molecule has 0 bridgehead atoms. The molecule has 0 spiro atoms. The van der Waals surface area contributed by atoms with E-state index >= 15 is 0 Å². The van der Waals surface area contributed by atoms with Crippen molar-refractivity contribution in [2.45, 2.75) is 0 Å². The van der Waals surface area contributed by atoms with Crippen molar-refractivity contribution in [1.29, 1.82) is 0 Å². The van der Waals surface area contributed by atoms with Gasteiger partial charge in [-0.2, -0.15) is 0 Å². The summed E-state index contributed by atoms with van der Waals surface area (Å²) in [7, 11) is 0. The van der Waals surface area contributed by atoms with Crippen molar-refractivity contribution < 1.29 is 4.74 Å². The number of hydrogen-bond acceptors (Lipinski definition) is 4. The maximum absolute atomic E-state index is 5.75. The molecular formula is C14H9N3O. The number of nitrogens with zero attached hydrogens (tertiary/aromatic N) is 2. The quantitative estimate of drug-likeness (QED) is 0.507. The fourth-order valence-corrected chi connectivity index (χ4v) is 2.03. The molecule has 0 aliphatic carbocycles. The van der Waals surface area contributed by atoms with Gasteiger partial charge in [-0.3, -0.25) is 0 Å². The summed E-state index contributed by atoms with van der Waals surface area (Å²) >= 11 is 0. The van der Waals surface area contributed by atoms with E-state index in [0.717, 1.165) is 22.5 Å². The van der Waals surface area contributed by atoms with E-state index in [2.05, 4.69) is 15.3 Å². The molecule has 0 saturated carbocycles. The molecule has 0 fully saturated rings. The van der Waals surface area contributed by atoms with E-state index in [1.807, 2.05) is 48.5 Å². The zero-order chi connectivity index (χ0) is 11.9. The zero-order valence-electron chi connectivity index (χ0n) is 9.42. The Bertz CT molecular complexity index is 691. The first-order chi connectivity index (χ1) is 8.90. The topological polar surface area (TPSA) is 47.0 Å². The highest BCUT2D eigenvalue weighted by Crippen LogP contribution is 2.39. The molecule has 18 heavy (non-hydrogen) atoms. The second kappa shape index (κ2) is 3.43. The Morgan fingerprint density at radius 3 is 2.44 bits per heavy atom. The van der Waals surface area contributed by atoms with Crippen LogP contribution in [0.15, 0.2) is 48.5 Å². The first-order valence-electron chi connectivity index (χ1n) is 5.71. The highest BCUT2D eigenvalue weighted by molar-refractivity contribution is 5.80. The van der Waals surface area contributed by atoms with Crippen LogP contribution in [0.3, 0.4) is 0 Å². The van der Waals surface area contributed by atoms with Crippen LogP contribution in [-0.4, -0.2) is 9.97 Å². The molecule has 2 heterocycles.